The Morgan fingerprint density at radius 1 is 0.886 bits per heavy atom. The Morgan fingerprint density at radius 2 is 1.49 bits per heavy atom. The van der Waals surface area contributed by atoms with Crippen LogP contribution in [-0.2, 0) is 14.3 Å². The van der Waals surface area contributed by atoms with Crippen LogP contribution < -0.4 is 10.6 Å². The first kappa shape index (κ1) is 24.3. The van der Waals surface area contributed by atoms with Gasteiger partial charge in [-0.15, -0.1) is 0 Å². The highest BCUT2D eigenvalue weighted by Gasteiger charge is 2.29. The molecule has 35 heavy (non-hydrogen) atoms. The quantitative estimate of drug-likeness (QED) is 0.368. The van der Waals surface area contributed by atoms with Crippen molar-refractivity contribution in [2.24, 2.45) is 0 Å². The Kier molecular flexibility index (Phi) is 8.05. The molecule has 7 nitrogen and oxygen atoms in total. The van der Waals surface area contributed by atoms with Gasteiger partial charge in [0.2, 0.25) is 5.91 Å². The number of ether oxygens (including phenoxy) is 1. The monoisotopic (exact) mass is 490 g/mol. The maximum absolute atomic E-state index is 12.2. The van der Waals surface area contributed by atoms with Crippen molar-refractivity contribution in [3.63, 3.8) is 0 Å². The van der Waals surface area contributed by atoms with Crippen molar-refractivity contribution in [3.8, 4) is 11.1 Å². The number of fused-ring (bicyclic) bond motifs is 3. The molecule has 0 heterocycles. The first-order chi connectivity index (χ1) is 17.0. The van der Waals surface area contributed by atoms with Crippen LogP contribution in [0.3, 0.4) is 0 Å². The number of thioether (sulfide) groups is 1. The second-order valence-electron chi connectivity index (χ2n) is 8.05. The smallest absolute Gasteiger partial charge is 0.407 e. The molecule has 3 aromatic carbocycles. The zero-order chi connectivity index (χ0) is 24.6. The van der Waals surface area contributed by atoms with Crippen LogP contribution in [0.1, 0.15) is 28.7 Å². The number of hydrogen-bond donors (Lipinski definition) is 3. The normalized spacial score (nSPS) is 12.8. The van der Waals surface area contributed by atoms with Crippen LogP contribution in [0.25, 0.3) is 11.1 Å². The van der Waals surface area contributed by atoms with Crippen molar-refractivity contribution in [1.82, 2.24) is 10.6 Å². The lowest BCUT2D eigenvalue weighted by Crippen LogP contribution is -2.35. The van der Waals surface area contributed by atoms with E-state index in [4.69, 9.17) is 4.74 Å². The van der Waals surface area contributed by atoms with Crippen molar-refractivity contribution in [2.45, 2.75) is 12.0 Å². The van der Waals surface area contributed by atoms with Crippen molar-refractivity contribution in [1.29, 1.82) is 0 Å². The van der Waals surface area contributed by atoms with E-state index in [1.54, 1.807) is 30.3 Å². The molecule has 1 aliphatic carbocycles. The van der Waals surface area contributed by atoms with Gasteiger partial charge in [0, 0.05) is 18.2 Å². The number of carboxylic acid groups (broad SMARTS) is 1. The molecule has 2 amide bonds. The first-order valence-electron chi connectivity index (χ1n) is 11.3. The molecule has 0 unspecified atom stereocenters. The van der Waals surface area contributed by atoms with Gasteiger partial charge in [-0.2, -0.15) is 11.8 Å². The Balaban J connectivity index is 1.18. The summed E-state index contributed by atoms with van der Waals surface area (Å²) in [6.45, 7) is 0.571. The highest BCUT2D eigenvalue weighted by atomic mass is 32.2. The predicted octanol–water partition coefficient (Wildman–Crippen LogP) is 4.20. The molecule has 0 saturated carbocycles. The van der Waals surface area contributed by atoms with E-state index >= 15 is 0 Å². The minimum atomic E-state index is -1.12. The van der Waals surface area contributed by atoms with Gasteiger partial charge in [-0.1, -0.05) is 78.9 Å². The number of aliphatic carboxylic acids is 1. The molecule has 180 valence electrons. The molecule has 8 heteroatoms. The third kappa shape index (κ3) is 6.02. The van der Waals surface area contributed by atoms with Crippen molar-refractivity contribution in [3.05, 3.63) is 95.6 Å². The number of alkyl carbamates (subject to hydrolysis) is 1. The van der Waals surface area contributed by atoms with Crippen molar-refractivity contribution < 1.29 is 24.2 Å². The van der Waals surface area contributed by atoms with E-state index in [9.17, 15) is 19.5 Å². The second kappa shape index (κ2) is 11.6. The van der Waals surface area contributed by atoms with Crippen LogP contribution in [-0.4, -0.2) is 47.7 Å². The average molecular weight is 491 g/mol. The fourth-order valence-electron chi connectivity index (χ4n) is 4.18. The highest BCUT2D eigenvalue weighted by Crippen LogP contribution is 2.44. The van der Waals surface area contributed by atoms with Gasteiger partial charge in [0.05, 0.1) is 5.75 Å². The number of amides is 2. The molecule has 1 aliphatic rings. The molecule has 1 atom stereocenters. The minimum absolute atomic E-state index is 0.00184. The van der Waals surface area contributed by atoms with Gasteiger partial charge in [0.1, 0.15) is 6.61 Å². The maximum Gasteiger partial charge on any atom is 0.407 e. The number of rotatable bonds is 10. The zero-order valence-electron chi connectivity index (χ0n) is 19.0. The van der Waals surface area contributed by atoms with Crippen LogP contribution in [0.15, 0.2) is 78.9 Å². The summed E-state index contributed by atoms with van der Waals surface area (Å²) in [4.78, 5) is 35.9. The minimum Gasteiger partial charge on any atom is -0.479 e. The van der Waals surface area contributed by atoms with Crippen molar-refractivity contribution >= 4 is 29.7 Å². The van der Waals surface area contributed by atoms with Gasteiger partial charge in [-0.3, -0.25) is 4.79 Å². The molecular weight excluding hydrogens is 464 g/mol. The number of hydrogen-bond acceptors (Lipinski definition) is 5. The van der Waals surface area contributed by atoms with Gasteiger partial charge in [0.25, 0.3) is 0 Å². The largest absolute Gasteiger partial charge is 0.479 e. The number of benzene rings is 3. The SMILES string of the molecule is O=C(CSCCNC(=O)OCC1c2ccccc2-c2ccccc21)N[C@@H](C(=O)O)c1ccccc1. The molecule has 0 aliphatic heterocycles. The summed E-state index contributed by atoms with van der Waals surface area (Å²) in [5.74, 6) is -0.930. The van der Waals surface area contributed by atoms with Crippen LogP contribution in [0.5, 0.6) is 0 Å². The Bertz CT molecular complexity index is 1160. The molecule has 0 fully saturated rings. The average Bonchev–Trinajstić information content (AvgIpc) is 3.20. The Labute approximate surface area is 207 Å². The summed E-state index contributed by atoms with van der Waals surface area (Å²) in [5.41, 5.74) is 5.15. The third-order valence-corrected chi connectivity index (χ3v) is 6.74. The fraction of sp³-hybridized carbons (Fsp3) is 0.222. The Hall–Kier alpha value is -3.78. The van der Waals surface area contributed by atoms with Crippen LogP contribution >= 0.6 is 11.8 Å². The van der Waals surface area contributed by atoms with Gasteiger partial charge >= 0.3 is 12.1 Å². The van der Waals surface area contributed by atoms with E-state index in [1.165, 1.54) is 22.9 Å². The predicted molar refractivity (Wildman–Crippen MR) is 135 cm³/mol. The van der Waals surface area contributed by atoms with Gasteiger partial charge in [-0.25, -0.2) is 9.59 Å². The van der Waals surface area contributed by atoms with E-state index < -0.39 is 18.1 Å². The van der Waals surface area contributed by atoms with E-state index in [0.717, 1.165) is 11.1 Å². The molecule has 0 spiro atoms. The van der Waals surface area contributed by atoms with E-state index in [2.05, 4.69) is 34.9 Å². The lowest BCUT2D eigenvalue weighted by Gasteiger charge is -2.15. The summed E-state index contributed by atoms with van der Waals surface area (Å²) in [6.07, 6.45) is -0.507. The molecule has 3 aromatic rings. The lowest BCUT2D eigenvalue weighted by atomic mass is 9.98. The molecular formula is C27H26N2O5S. The number of carbonyl (C=O) groups excluding carboxylic acids is 2. The number of nitrogens with one attached hydrogen (secondary N) is 2. The summed E-state index contributed by atoms with van der Waals surface area (Å²) >= 11 is 1.30. The molecule has 3 N–H and O–H groups in total. The van der Waals surface area contributed by atoms with Gasteiger partial charge < -0.3 is 20.5 Å². The maximum atomic E-state index is 12.2. The van der Waals surface area contributed by atoms with Crippen LogP contribution in [0, 0.1) is 0 Å². The molecule has 0 aromatic heterocycles. The number of carbonyl (C=O) groups is 3. The third-order valence-electron chi connectivity index (χ3n) is 5.78. The zero-order valence-corrected chi connectivity index (χ0v) is 19.8. The summed E-state index contributed by atoms with van der Waals surface area (Å²) in [6, 6.07) is 23.7. The lowest BCUT2D eigenvalue weighted by molar-refractivity contribution is -0.141. The molecule has 0 bridgehead atoms. The van der Waals surface area contributed by atoms with Crippen LogP contribution in [0.4, 0.5) is 4.79 Å². The first-order valence-corrected chi connectivity index (χ1v) is 12.4. The number of carboxylic acids is 1. The molecule has 0 saturated heterocycles. The van der Waals surface area contributed by atoms with Gasteiger partial charge in [0.15, 0.2) is 6.04 Å². The van der Waals surface area contributed by atoms with E-state index in [-0.39, 0.29) is 24.2 Å². The second-order valence-corrected chi connectivity index (χ2v) is 9.16. The highest BCUT2D eigenvalue weighted by molar-refractivity contribution is 7.99. The standard InChI is InChI=1S/C27H26N2O5S/c30-24(29-25(26(31)32)18-8-2-1-3-9-18)17-35-15-14-28-27(33)34-16-23-21-12-6-4-10-19(21)20-11-5-7-13-22(20)23/h1-13,23,25H,14-17H2,(H,28,33)(H,29,30)(H,31,32)/t25-/m1/s1. The Morgan fingerprint density at radius 3 is 2.11 bits per heavy atom. The van der Waals surface area contributed by atoms with E-state index in [0.29, 0.717) is 17.9 Å². The topological polar surface area (TPSA) is 105 Å². The molecule has 0 radical (unpaired) electrons. The summed E-state index contributed by atoms with van der Waals surface area (Å²) in [5, 5.41) is 14.6. The van der Waals surface area contributed by atoms with Crippen molar-refractivity contribution in [2.75, 3.05) is 24.7 Å². The van der Waals surface area contributed by atoms with E-state index in [1.807, 2.05) is 24.3 Å². The van der Waals surface area contributed by atoms with Gasteiger partial charge in [-0.05, 0) is 27.8 Å². The summed E-state index contributed by atoms with van der Waals surface area (Å²) in [7, 11) is 0. The fourth-order valence-corrected chi connectivity index (χ4v) is 4.83. The summed E-state index contributed by atoms with van der Waals surface area (Å²) < 4.78 is 5.49. The van der Waals surface area contributed by atoms with Crippen LogP contribution in [0.2, 0.25) is 0 Å². The molecule has 4 rings (SSSR count).